The Bertz CT molecular complexity index is 629. The van der Waals surface area contributed by atoms with E-state index in [0.717, 1.165) is 12.3 Å². The molecule has 0 saturated carbocycles. The van der Waals surface area contributed by atoms with Crippen molar-refractivity contribution in [3.63, 3.8) is 0 Å². The maximum Gasteiger partial charge on any atom is 0.433 e. The second-order valence-corrected chi connectivity index (χ2v) is 6.57. The van der Waals surface area contributed by atoms with Gasteiger partial charge >= 0.3 is 12.1 Å². The van der Waals surface area contributed by atoms with Gasteiger partial charge in [-0.05, 0) is 18.6 Å². The molecule has 0 aliphatic heterocycles. The number of pyridine rings is 1. The fourth-order valence-corrected chi connectivity index (χ4v) is 2.13. The molecule has 0 aromatic carbocycles. The van der Waals surface area contributed by atoms with Crippen molar-refractivity contribution >= 4 is 21.6 Å². The van der Waals surface area contributed by atoms with Crippen molar-refractivity contribution in [1.29, 1.82) is 0 Å². The average Bonchev–Trinajstić information content (AvgIpc) is 2.32. The van der Waals surface area contributed by atoms with Gasteiger partial charge in [-0.3, -0.25) is 0 Å². The molecule has 0 unspecified atom stereocenters. The van der Waals surface area contributed by atoms with E-state index in [1.807, 2.05) is 0 Å². The van der Waals surface area contributed by atoms with E-state index in [9.17, 15) is 26.4 Å². The first-order chi connectivity index (χ1) is 9.50. The molecule has 0 fully saturated rings. The van der Waals surface area contributed by atoms with Crippen LogP contribution >= 0.6 is 0 Å². The summed E-state index contributed by atoms with van der Waals surface area (Å²) >= 11 is 0. The summed E-state index contributed by atoms with van der Waals surface area (Å²) in [6, 6.07) is 1.38. The Morgan fingerprint density at radius 2 is 2.00 bits per heavy atom. The predicted octanol–water partition coefficient (Wildman–Crippen LogP) is 1.65. The number of anilines is 1. The van der Waals surface area contributed by atoms with Crippen LogP contribution in [0.1, 0.15) is 22.5 Å². The number of sulfone groups is 1. The zero-order valence-electron chi connectivity index (χ0n) is 10.9. The SMILES string of the molecule is CS(=O)(=O)CCCNc1nc(C(F)(F)F)ccc1C(=O)O. The van der Waals surface area contributed by atoms with Crippen LogP contribution in [0.15, 0.2) is 12.1 Å². The van der Waals surface area contributed by atoms with Crippen molar-refractivity contribution in [2.75, 3.05) is 23.9 Å². The van der Waals surface area contributed by atoms with Crippen molar-refractivity contribution in [1.82, 2.24) is 4.98 Å². The third-order valence-electron chi connectivity index (χ3n) is 2.40. The lowest BCUT2D eigenvalue weighted by Crippen LogP contribution is -2.16. The fraction of sp³-hybridized carbons (Fsp3) is 0.455. The monoisotopic (exact) mass is 326 g/mol. The highest BCUT2D eigenvalue weighted by Crippen LogP contribution is 2.29. The van der Waals surface area contributed by atoms with Crippen molar-refractivity contribution in [2.24, 2.45) is 0 Å². The van der Waals surface area contributed by atoms with Gasteiger partial charge in [-0.25, -0.2) is 18.2 Å². The minimum absolute atomic E-state index is 0.0122. The largest absolute Gasteiger partial charge is 0.478 e. The highest BCUT2D eigenvalue weighted by Gasteiger charge is 2.33. The Kier molecular flexibility index (Phi) is 5.15. The summed E-state index contributed by atoms with van der Waals surface area (Å²) in [5.74, 6) is -2.03. The van der Waals surface area contributed by atoms with Crippen LogP contribution in [-0.2, 0) is 16.0 Å². The summed E-state index contributed by atoms with van der Waals surface area (Å²) in [4.78, 5) is 14.2. The third kappa shape index (κ3) is 5.58. The minimum Gasteiger partial charge on any atom is -0.478 e. The van der Waals surface area contributed by atoms with E-state index in [1.54, 1.807) is 0 Å². The zero-order valence-corrected chi connectivity index (χ0v) is 11.8. The molecule has 1 heterocycles. The van der Waals surface area contributed by atoms with E-state index < -0.39 is 39.1 Å². The number of carboxylic acids is 1. The molecule has 0 aliphatic carbocycles. The lowest BCUT2D eigenvalue weighted by atomic mass is 10.2. The standard InChI is InChI=1S/C11H13F3N2O4S/c1-21(19,20)6-2-5-15-9-7(10(17)18)3-4-8(16-9)11(12,13)14/h3-4H,2,5-6H2,1H3,(H,15,16)(H,17,18). The summed E-state index contributed by atoms with van der Waals surface area (Å²) < 4.78 is 59.4. The van der Waals surface area contributed by atoms with Crippen LogP contribution in [0.4, 0.5) is 19.0 Å². The Balaban J connectivity index is 2.89. The van der Waals surface area contributed by atoms with Crippen molar-refractivity contribution in [3.8, 4) is 0 Å². The van der Waals surface area contributed by atoms with Gasteiger partial charge in [0, 0.05) is 12.8 Å². The van der Waals surface area contributed by atoms with Crippen LogP contribution < -0.4 is 5.32 Å². The van der Waals surface area contributed by atoms with Crippen molar-refractivity contribution in [3.05, 3.63) is 23.4 Å². The van der Waals surface area contributed by atoms with Crippen LogP contribution in [0.25, 0.3) is 0 Å². The number of carboxylic acid groups (broad SMARTS) is 1. The van der Waals surface area contributed by atoms with Gasteiger partial charge in [-0.2, -0.15) is 13.2 Å². The molecule has 0 amide bonds. The van der Waals surface area contributed by atoms with Gasteiger partial charge in [0.05, 0.1) is 5.75 Å². The fourth-order valence-electron chi connectivity index (χ4n) is 1.47. The number of aromatic nitrogens is 1. The topological polar surface area (TPSA) is 96.4 Å². The van der Waals surface area contributed by atoms with Crippen LogP contribution in [0, 0.1) is 0 Å². The highest BCUT2D eigenvalue weighted by molar-refractivity contribution is 7.90. The molecule has 1 aromatic heterocycles. The van der Waals surface area contributed by atoms with E-state index in [0.29, 0.717) is 6.07 Å². The number of rotatable bonds is 6. The Morgan fingerprint density at radius 3 is 2.48 bits per heavy atom. The minimum atomic E-state index is -4.69. The first kappa shape index (κ1) is 17.2. The number of hydrogen-bond donors (Lipinski definition) is 2. The number of carbonyl (C=O) groups is 1. The van der Waals surface area contributed by atoms with E-state index in [2.05, 4.69) is 10.3 Å². The van der Waals surface area contributed by atoms with Crippen molar-refractivity contribution < 1.29 is 31.5 Å². The number of alkyl halides is 3. The average molecular weight is 326 g/mol. The van der Waals surface area contributed by atoms with Crippen LogP contribution in [0.3, 0.4) is 0 Å². The first-order valence-electron chi connectivity index (χ1n) is 5.74. The highest BCUT2D eigenvalue weighted by atomic mass is 32.2. The Labute approximate surface area is 118 Å². The van der Waals surface area contributed by atoms with Gasteiger partial charge in [0.15, 0.2) is 0 Å². The molecular formula is C11H13F3N2O4S. The predicted molar refractivity (Wildman–Crippen MR) is 69.0 cm³/mol. The van der Waals surface area contributed by atoms with Gasteiger partial charge < -0.3 is 10.4 Å². The summed E-state index contributed by atoms with van der Waals surface area (Å²) in [6.45, 7) is -0.0122. The number of aromatic carboxylic acids is 1. The molecule has 118 valence electrons. The Hall–Kier alpha value is -1.84. The zero-order chi connectivity index (χ0) is 16.3. The Morgan fingerprint density at radius 1 is 1.38 bits per heavy atom. The lowest BCUT2D eigenvalue weighted by molar-refractivity contribution is -0.141. The van der Waals surface area contributed by atoms with E-state index >= 15 is 0 Å². The molecule has 10 heteroatoms. The number of nitrogens with one attached hydrogen (secondary N) is 1. The number of nitrogens with zero attached hydrogens (tertiary/aromatic N) is 1. The molecular weight excluding hydrogens is 313 g/mol. The third-order valence-corrected chi connectivity index (χ3v) is 3.43. The second-order valence-electron chi connectivity index (χ2n) is 4.31. The summed E-state index contributed by atoms with van der Waals surface area (Å²) in [5.41, 5.74) is -1.64. The smallest absolute Gasteiger partial charge is 0.433 e. The van der Waals surface area contributed by atoms with Gasteiger partial charge in [0.25, 0.3) is 0 Å². The molecule has 2 N–H and O–H groups in total. The maximum atomic E-state index is 12.5. The summed E-state index contributed by atoms with van der Waals surface area (Å²) in [5, 5.41) is 11.3. The molecule has 0 spiro atoms. The quantitative estimate of drug-likeness (QED) is 0.772. The molecule has 21 heavy (non-hydrogen) atoms. The van der Waals surface area contributed by atoms with Crippen LogP contribution in [0.2, 0.25) is 0 Å². The van der Waals surface area contributed by atoms with Crippen LogP contribution in [0.5, 0.6) is 0 Å². The van der Waals surface area contributed by atoms with Gasteiger partial charge in [0.1, 0.15) is 26.9 Å². The molecule has 1 rings (SSSR count). The molecule has 0 bridgehead atoms. The molecule has 0 atom stereocenters. The van der Waals surface area contributed by atoms with E-state index in [-0.39, 0.29) is 18.7 Å². The molecule has 0 saturated heterocycles. The van der Waals surface area contributed by atoms with Crippen molar-refractivity contribution in [2.45, 2.75) is 12.6 Å². The summed E-state index contributed by atoms with van der Waals surface area (Å²) in [6.07, 6.45) is -3.55. The number of halogens is 3. The molecule has 6 nitrogen and oxygen atoms in total. The van der Waals surface area contributed by atoms with E-state index in [4.69, 9.17) is 5.11 Å². The van der Waals surface area contributed by atoms with Crippen LogP contribution in [-0.4, -0.2) is 43.0 Å². The lowest BCUT2D eigenvalue weighted by Gasteiger charge is -2.12. The molecule has 0 aliphatic rings. The molecule has 1 aromatic rings. The number of hydrogen-bond acceptors (Lipinski definition) is 5. The molecule has 0 radical (unpaired) electrons. The first-order valence-corrected chi connectivity index (χ1v) is 7.80. The van der Waals surface area contributed by atoms with E-state index in [1.165, 1.54) is 0 Å². The summed E-state index contributed by atoms with van der Waals surface area (Å²) in [7, 11) is -3.19. The maximum absolute atomic E-state index is 12.5. The normalized spacial score (nSPS) is 12.2. The second kappa shape index (κ2) is 6.29. The van der Waals surface area contributed by atoms with Gasteiger partial charge in [0.2, 0.25) is 0 Å². The van der Waals surface area contributed by atoms with Gasteiger partial charge in [-0.1, -0.05) is 0 Å². The van der Waals surface area contributed by atoms with Gasteiger partial charge in [-0.15, -0.1) is 0 Å².